The van der Waals surface area contributed by atoms with Gasteiger partial charge < -0.3 is 52.4 Å². The molecule has 11 N–H and O–H groups in total. The Morgan fingerprint density at radius 2 is 1.73 bits per heavy atom. The maximum absolute atomic E-state index is 12.9. The molecule has 63 heavy (non-hydrogen) atoms. The first-order chi connectivity index (χ1) is 30.2. The molecular weight excluding hydrogens is 837 g/mol. The maximum Gasteiger partial charge on any atom is 0.336 e. The number of fused-ring (bicyclic) bond motifs is 3. The van der Waals surface area contributed by atoms with E-state index in [1.165, 1.54) is 48.7 Å². The number of carbonyl (C=O) groups is 5. The van der Waals surface area contributed by atoms with E-state index in [0.29, 0.717) is 33.8 Å². The van der Waals surface area contributed by atoms with Crippen LogP contribution in [0.3, 0.4) is 0 Å². The molecule has 2 aromatic heterocycles. The molecule has 3 unspecified atom stereocenters. The van der Waals surface area contributed by atoms with E-state index in [-0.39, 0.29) is 83.1 Å². The molecule has 3 heterocycles. The van der Waals surface area contributed by atoms with Gasteiger partial charge in [0, 0.05) is 54.0 Å². The van der Waals surface area contributed by atoms with E-state index in [4.69, 9.17) is 22.7 Å². The van der Waals surface area contributed by atoms with Gasteiger partial charge in [-0.3, -0.25) is 24.2 Å². The first-order valence-electron chi connectivity index (χ1n) is 19.2. The Hall–Kier alpha value is -8.20. The number of aromatic amines is 1. The number of nitrogens with two attached hydrogens (primary N) is 1. The number of carbonyl (C=O) groups excluding carboxylic acids is 3. The number of ketones is 1. The van der Waals surface area contributed by atoms with Crippen LogP contribution in [-0.4, -0.2) is 95.1 Å². The number of hydrogen-bond donors (Lipinski definition) is 10. The van der Waals surface area contributed by atoms with Crippen LogP contribution < -0.4 is 37.9 Å². The normalized spacial score (nSPS) is 16.7. The smallest absolute Gasteiger partial charge is 0.336 e. The first-order valence-corrected chi connectivity index (χ1v) is 19.7. The van der Waals surface area contributed by atoms with Crippen LogP contribution in [-0.2, 0) is 25.7 Å². The lowest BCUT2D eigenvalue weighted by Gasteiger charge is -2.36. The number of H-pyrrole nitrogens is 1. The van der Waals surface area contributed by atoms with Crippen LogP contribution in [0, 0.1) is 5.92 Å². The maximum atomic E-state index is 12.9. The lowest BCUT2D eigenvalue weighted by Crippen LogP contribution is -2.42. The van der Waals surface area contributed by atoms with Gasteiger partial charge in [0.05, 0.1) is 24.0 Å². The minimum absolute atomic E-state index is 0.0158. The number of benzene rings is 2. The Morgan fingerprint density at radius 3 is 2.49 bits per heavy atom. The second-order valence-electron chi connectivity index (χ2n) is 14.2. The number of aliphatic carboxylic acids is 1. The number of ether oxygens (including phenoxy) is 1. The van der Waals surface area contributed by atoms with Gasteiger partial charge in [-0.15, -0.1) is 0 Å². The zero-order valence-corrected chi connectivity index (χ0v) is 33.7. The lowest BCUT2D eigenvalue weighted by molar-refractivity contribution is -0.139. The number of aromatic carboxylic acids is 1. The molecule has 2 amide bonds. The van der Waals surface area contributed by atoms with Crippen LogP contribution in [0.4, 0.5) is 17.3 Å². The van der Waals surface area contributed by atoms with Crippen molar-refractivity contribution >= 4 is 80.9 Å². The van der Waals surface area contributed by atoms with E-state index in [2.05, 4.69) is 46.5 Å². The van der Waals surface area contributed by atoms with Crippen molar-refractivity contribution in [2.24, 2.45) is 5.92 Å². The third kappa shape index (κ3) is 10.2. The molecule has 0 saturated carbocycles. The van der Waals surface area contributed by atoms with E-state index in [1.54, 1.807) is 36.4 Å². The van der Waals surface area contributed by atoms with Gasteiger partial charge in [-0.1, -0.05) is 12.1 Å². The van der Waals surface area contributed by atoms with Gasteiger partial charge in [0.1, 0.15) is 23.7 Å². The summed E-state index contributed by atoms with van der Waals surface area (Å²) in [5.74, 6) is -4.21. The number of nitrogens with zero attached hydrogens (tertiary/aromatic N) is 3. The molecule has 2 aliphatic carbocycles. The molecule has 0 bridgehead atoms. The molecule has 2 aromatic carbocycles. The Kier molecular flexibility index (Phi) is 12.7. The van der Waals surface area contributed by atoms with Crippen molar-refractivity contribution in [1.82, 2.24) is 35.9 Å². The largest absolute Gasteiger partial charge is 0.508 e. The summed E-state index contributed by atoms with van der Waals surface area (Å²) < 4.78 is 6.00. The minimum atomic E-state index is -1.35. The number of thiocarbonyl (C=S) groups is 1. The first kappa shape index (κ1) is 42.9. The van der Waals surface area contributed by atoms with Crippen LogP contribution in [0.5, 0.6) is 0 Å². The number of amides is 2. The third-order valence-electron chi connectivity index (χ3n) is 9.90. The summed E-state index contributed by atoms with van der Waals surface area (Å²) in [4.78, 5) is 88.9. The summed E-state index contributed by atoms with van der Waals surface area (Å²) in [5.41, 5.74) is 8.25. The molecule has 20 nitrogen and oxygen atoms in total. The Labute approximate surface area is 361 Å². The van der Waals surface area contributed by atoms with Gasteiger partial charge in [0.2, 0.25) is 11.9 Å². The predicted octanol–water partition coefficient (Wildman–Crippen LogP) is 2.47. The van der Waals surface area contributed by atoms with Gasteiger partial charge >= 0.3 is 11.9 Å². The van der Waals surface area contributed by atoms with Crippen molar-refractivity contribution in [3.05, 3.63) is 135 Å². The molecule has 21 heteroatoms. The third-order valence-corrected chi connectivity index (χ3v) is 10.2. The quantitative estimate of drug-likeness (QED) is 0.0606. The average molecular weight is 875 g/mol. The standard InChI is InChI=1S/C42H38N10O10S/c43-41-51-36-35(38(57)52-41)48-23(19-47-36)18-46-21-3-1-20(2-4-21)37(56)50-30(40(60)61)11-12-33(55)44-13-14-45-42(63)49-22-5-8-26(29(15-22)39(58)59)34-27-9-6-24(53)16-31(27)62-32-17-25(54)7-10-28(32)34/h1-10,15-17,19,27,30-31,46,53H,11-14,18H2,(H,44,55)(H,50,56)(H,58,59)(H,60,61)(H2,45,49,63)(H3,43,47,51,52,57). The van der Waals surface area contributed by atoms with Crippen LogP contribution in [0.25, 0.3) is 16.7 Å². The number of carboxylic acids is 2. The van der Waals surface area contributed by atoms with Gasteiger partial charge in [-0.25, -0.2) is 19.6 Å². The molecule has 3 aliphatic rings. The van der Waals surface area contributed by atoms with Gasteiger partial charge in [-0.2, -0.15) is 4.98 Å². The van der Waals surface area contributed by atoms with Crippen LogP contribution in [0.15, 0.2) is 107 Å². The number of aliphatic hydroxyl groups is 1. The summed E-state index contributed by atoms with van der Waals surface area (Å²) in [5, 5.41) is 44.3. The van der Waals surface area contributed by atoms with Gasteiger partial charge in [-0.05, 0) is 90.5 Å². The molecule has 1 aliphatic heterocycles. The summed E-state index contributed by atoms with van der Waals surface area (Å²) >= 11 is 5.39. The number of nitrogen functional groups attached to an aromatic ring is 1. The highest BCUT2D eigenvalue weighted by Crippen LogP contribution is 2.45. The summed E-state index contributed by atoms with van der Waals surface area (Å²) in [6.07, 6.45) is 9.39. The summed E-state index contributed by atoms with van der Waals surface area (Å²) in [6, 6.07) is 9.53. The highest BCUT2D eigenvalue weighted by atomic mass is 32.1. The second-order valence-corrected chi connectivity index (χ2v) is 14.7. The number of allylic oxidation sites excluding steroid dienone is 4. The fourth-order valence-electron chi connectivity index (χ4n) is 6.92. The Morgan fingerprint density at radius 1 is 0.968 bits per heavy atom. The minimum Gasteiger partial charge on any atom is -0.508 e. The van der Waals surface area contributed by atoms with E-state index in [0.717, 1.165) is 0 Å². The average Bonchev–Trinajstić information content (AvgIpc) is 3.25. The molecular formula is C42H38N10O10S. The SMILES string of the molecule is Nc1nc2ncc(CNc3ccc(C(=O)NC(CCC(=O)NCCNC(=S)Nc4ccc(C5=C6C=CC(=O)C=C6OC6C=C(O)C=CC56)c(C(=O)O)c4)C(=O)O)cc3)nc2c(=O)[nH]1. The van der Waals surface area contributed by atoms with Crippen molar-refractivity contribution in [3.63, 3.8) is 0 Å². The predicted molar refractivity (Wildman–Crippen MR) is 232 cm³/mol. The van der Waals surface area contributed by atoms with E-state index in [1.807, 2.05) is 0 Å². The van der Waals surface area contributed by atoms with Gasteiger partial charge in [0.25, 0.3) is 11.5 Å². The lowest BCUT2D eigenvalue weighted by atomic mass is 9.77. The number of aliphatic hydroxyl groups excluding tert-OH is 1. The number of carboxylic acid groups (broad SMARTS) is 2. The highest BCUT2D eigenvalue weighted by Gasteiger charge is 2.37. The Balaban J connectivity index is 0.863. The van der Waals surface area contributed by atoms with Gasteiger partial charge in [0.15, 0.2) is 22.1 Å². The van der Waals surface area contributed by atoms with Crippen molar-refractivity contribution in [2.75, 3.05) is 29.5 Å². The monoisotopic (exact) mass is 874 g/mol. The number of aromatic nitrogens is 4. The number of nitrogens with one attached hydrogen (secondary N) is 6. The molecule has 322 valence electrons. The zero-order valence-electron chi connectivity index (χ0n) is 32.9. The number of rotatable bonds is 15. The highest BCUT2D eigenvalue weighted by molar-refractivity contribution is 7.80. The summed E-state index contributed by atoms with van der Waals surface area (Å²) in [7, 11) is 0. The second kappa shape index (κ2) is 18.6. The molecule has 3 atom stereocenters. The summed E-state index contributed by atoms with van der Waals surface area (Å²) in [6.45, 7) is 0.463. The van der Waals surface area contributed by atoms with Crippen LogP contribution >= 0.6 is 12.2 Å². The number of anilines is 3. The molecule has 4 aromatic rings. The molecule has 0 spiro atoms. The van der Waals surface area contributed by atoms with E-state index < -0.39 is 47.4 Å². The van der Waals surface area contributed by atoms with Crippen molar-refractivity contribution in [1.29, 1.82) is 0 Å². The molecule has 0 radical (unpaired) electrons. The fourth-order valence-corrected chi connectivity index (χ4v) is 7.14. The molecule has 0 saturated heterocycles. The molecule has 7 rings (SSSR count). The van der Waals surface area contributed by atoms with E-state index >= 15 is 0 Å². The fraction of sp³-hybridized carbons (Fsp3) is 0.190. The van der Waals surface area contributed by atoms with Crippen molar-refractivity contribution in [2.45, 2.75) is 31.5 Å². The van der Waals surface area contributed by atoms with Crippen LogP contribution in [0.2, 0.25) is 0 Å². The van der Waals surface area contributed by atoms with Crippen LogP contribution in [0.1, 0.15) is 44.8 Å². The van der Waals surface area contributed by atoms with Crippen molar-refractivity contribution in [3.8, 4) is 0 Å². The Bertz CT molecular complexity index is 2780. The topological polar surface area (TPSA) is 313 Å². The number of hydrogen-bond acceptors (Lipinski definition) is 14. The van der Waals surface area contributed by atoms with E-state index in [9.17, 15) is 44.1 Å². The van der Waals surface area contributed by atoms with Crippen molar-refractivity contribution < 1.29 is 44.0 Å². The zero-order chi connectivity index (χ0) is 44.8. The molecule has 0 fully saturated rings.